The molecular weight excluding hydrogens is 215 g/mol. The van der Waals surface area contributed by atoms with E-state index in [0.717, 1.165) is 16.9 Å². The maximum absolute atomic E-state index is 13.0. The SMILES string of the molecule is Fc1cccc(Cc2cn3ccccc3n2)c1. The number of fused-ring (bicyclic) bond motifs is 1. The van der Waals surface area contributed by atoms with Gasteiger partial charge in [-0.25, -0.2) is 9.37 Å². The highest BCUT2D eigenvalue weighted by molar-refractivity contribution is 5.40. The number of hydrogen-bond acceptors (Lipinski definition) is 1. The minimum absolute atomic E-state index is 0.203. The third-order valence-electron chi connectivity index (χ3n) is 2.69. The Bertz CT molecular complexity index is 625. The van der Waals surface area contributed by atoms with E-state index in [1.807, 2.05) is 41.1 Å². The fourth-order valence-corrected chi connectivity index (χ4v) is 1.93. The number of pyridine rings is 1. The average molecular weight is 226 g/mol. The van der Waals surface area contributed by atoms with Gasteiger partial charge in [-0.3, -0.25) is 0 Å². The van der Waals surface area contributed by atoms with E-state index in [-0.39, 0.29) is 5.82 Å². The van der Waals surface area contributed by atoms with Crippen LogP contribution in [0, 0.1) is 5.82 Å². The minimum atomic E-state index is -0.203. The third kappa shape index (κ3) is 2.04. The maximum atomic E-state index is 13.0. The summed E-state index contributed by atoms with van der Waals surface area (Å²) in [6.07, 6.45) is 4.58. The van der Waals surface area contributed by atoms with Crippen LogP contribution in [0.1, 0.15) is 11.3 Å². The lowest BCUT2D eigenvalue weighted by Crippen LogP contribution is -1.88. The molecule has 3 aromatic rings. The fourth-order valence-electron chi connectivity index (χ4n) is 1.93. The maximum Gasteiger partial charge on any atom is 0.136 e. The fraction of sp³-hybridized carbons (Fsp3) is 0.0714. The lowest BCUT2D eigenvalue weighted by atomic mass is 10.1. The summed E-state index contributed by atoms with van der Waals surface area (Å²) < 4.78 is 15.0. The number of hydrogen-bond donors (Lipinski definition) is 0. The summed E-state index contributed by atoms with van der Waals surface area (Å²) >= 11 is 0. The molecule has 0 radical (unpaired) electrons. The second kappa shape index (κ2) is 4.01. The van der Waals surface area contributed by atoms with Crippen LogP contribution in [-0.2, 0) is 6.42 Å². The molecule has 0 aliphatic carbocycles. The Labute approximate surface area is 98.4 Å². The third-order valence-corrected chi connectivity index (χ3v) is 2.69. The molecule has 3 heteroatoms. The molecule has 0 aliphatic heterocycles. The highest BCUT2D eigenvalue weighted by atomic mass is 19.1. The Morgan fingerprint density at radius 2 is 2.06 bits per heavy atom. The molecule has 84 valence electrons. The Balaban J connectivity index is 1.94. The van der Waals surface area contributed by atoms with Crippen LogP contribution < -0.4 is 0 Å². The molecule has 3 rings (SSSR count). The molecular formula is C14H11FN2. The normalized spacial score (nSPS) is 10.9. The highest BCUT2D eigenvalue weighted by Gasteiger charge is 2.02. The second-order valence-corrected chi connectivity index (χ2v) is 4.01. The van der Waals surface area contributed by atoms with E-state index in [9.17, 15) is 4.39 Å². The molecule has 1 aromatic carbocycles. The molecule has 0 fully saturated rings. The van der Waals surface area contributed by atoms with Crippen molar-refractivity contribution in [3.63, 3.8) is 0 Å². The van der Waals surface area contributed by atoms with Gasteiger partial charge in [0.1, 0.15) is 11.5 Å². The van der Waals surface area contributed by atoms with Crippen molar-refractivity contribution in [3.05, 3.63) is 71.9 Å². The first-order chi connectivity index (χ1) is 8.31. The molecule has 17 heavy (non-hydrogen) atoms. The Kier molecular flexibility index (Phi) is 2.37. The molecule has 0 N–H and O–H groups in total. The number of rotatable bonds is 2. The molecule has 2 nitrogen and oxygen atoms in total. The second-order valence-electron chi connectivity index (χ2n) is 4.01. The number of nitrogens with zero attached hydrogens (tertiary/aromatic N) is 2. The van der Waals surface area contributed by atoms with Gasteiger partial charge in [0.05, 0.1) is 5.69 Å². The molecule has 0 bridgehead atoms. The minimum Gasteiger partial charge on any atom is -0.307 e. The summed E-state index contributed by atoms with van der Waals surface area (Å²) in [6.45, 7) is 0. The van der Waals surface area contributed by atoms with Crippen molar-refractivity contribution in [1.82, 2.24) is 9.38 Å². The summed E-state index contributed by atoms with van der Waals surface area (Å²) in [4.78, 5) is 4.48. The summed E-state index contributed by atoms with van der Waals surface area (Å²) in [7, 11) is 0. The van der Waals surface area contributed by atoms with Crippen molar-refractivity contribution in [2.45, 2.75) is 6.42 Å². The van der Waals surface area contributed by atoms with E-state index in [4.69, 9.17) is 0 Å². The first-order valence-corrected chi connectivity index (χ1v) is 5.48. The summed E-state index contributed by atoms with van der Waals surface area (Å²) in [5.74, 6) is -0.203. The molecule has 0 saturated heterocycles. The molecule has 0 saturated carbocycles. The predicted octanol–water partition coefficient (Wildman–Crippen LogP) is 3.06. The summed E-state index contributed by atoms with van der Waals surface area (Å²) in [6, 6.07) is 12.5. The first kappa shape index (κ1) is 10.0. The zero-order valence-corrected chi connectivity index (χ0v) is 9.18. The standard InChI is InChI=1S/C14H11FN2/c15-12-5-3-4-11(8-12)9-13-10-17-7-2-1-6-14(17)16-13/h1-8,10H,9H2. The Morgan fingerprint density at radius 1 is 1.12 bits per heavy atom. The van der Waals surface area contributed by atoms with E-state index >= 15 is 0 Å². The number of imidazole rings is 1. The molecule has 0 spiro atoms. The van der Waals surface area contributed by atoms with Crippen LogP contribution in [0.25, 0.3) is 5.65 Å². The van der Waals surface area contributed by atoms with Crippen molar-refractivity contribution in [1.29, 1.82) is 0 Å². The molecule has 0 unspecified atom stereocenters. The molecule has 0 atom stereocenters. The monoisotopic (exact) mass is 226 g/mol. The zero-order valence-electron chi connectivity index (χ0n) is 9.18. The van der Waals surface area contributed by atoms with Gasteiger partial charge in [-0.1, -0.05) is 18.2 Å². The largest absolute Gasteiger partial charge is 0.307 e. The predicted molar refractivity (Wildman–Crippen MR) is 64.4 cm³/mol. The topological polar surface area (TPSA) is 17.3 Å². The Hall–Kier alpha value is -2.16. The van der Waals surface area contributed by atoms with Gasteiger partial charge in [-0.2, -0.15) is 0 Å². The van der Waals surface area contributed by atoms with Crippen LogP contribution in [-0.4, -0.2) is 9.38 Å². The molecule has 0 amide bonds. The van der Waals surface area contributed by atoms with Gasteiger partial charge >= 0.3 is 0 Å². The molecule has 0 aliphatic rings. The van der Waals surface area contributed by atoms with E-state index in [2.05, 4.69) is 4.98 Å². The smallest absolute Gasteiger partial charge is 0.136 e. The van der Waals surface area contributed by atoms with Gasteiger partial charge in [0, 0.05) is 18.8 Å². The molecule has 2 aromatic heterocycles. The van der Waals surface area contributed by atoms with Crippen LogP contribution in [0.15, 0.2) is 54.9 Å². The van der Waals surface area contributed by atoms with Crippen molar-refractivity contribution >= 4 is 5.65 Å². The van der Waals surface area contributed by atoms with Crippen LogP contribution in [0.3, 0.4) is 0 Å². The van der Waals surface area contributed by atoms with Gasteiger partial charge in [0.25, 0.3) is 0 Å². The van der Waals surface area contributed by atoms with Crippen LogP contribution in [0.2, 0.25) is 0 Å². The lowest BCUT2D eigenvalue weighted by Gasteiger charge is -1.97. The number of benzene rings is 1. The summed E-state index contributed by atoms with van der Waals surface area (Å²) in [5.41, 5.74) is 2.80. The highest BCUT2D eigenvalue weighted by Crippen LogP contribution is 2.11. The van der Waals surface area contributed by atoms with Crippen LogP contribution >= 0.6 is 0 Å². The van der Waals surface area contributed by atoms with Crippen molar-refractivity contribution < 1.29 is 4.39 Å². The van der Waals surface area contributed by atoms with Crippen molar-refractivity contribution in [2.75, 3.05) is 0 Å². The van der Waals surface area contributed by atoms with E-state index in [1.54, 1.807) is 12.1 Å². The zero-order chi connectivity index (χ0) is 11.7. The van der Waals surface area contributed by atoms with Gasteiger partial charge in [-0.15, -0.1) is 0 Å². The van der Waals surface area contributed by atoms with E-state index < -0.39 is 0 Å². The molecule has 2 heterocycles. The van der Waals surface area contributed by atoms with Crippen LogP contribution in [0.4, 0.5) is 4.39 Å². The van der Waals surface area contributed by atoms with E-state index in [0.29, 0.717) is 6.42 Å². The van der Waals surface area contributed by atoms with Gasteiger partial charge in [-0.05, 0) is 29.8 Å². The van der Waals surface area contributed by atoms with Gasteiger partial charge < -0.3 is 4.40 Å². The van der Waals surface area contributed by atoms with Crippen molar-refractivity contribution in [2.24, 2.45) is 0 Å². The lowest BCUT2D eigenvalue weighted by molar-refractivity contribution is 0.626. The van der Waals surface area contributed by atoms with Crippen molar-refractivity contribution in [3.8, 4) is 0 Å². The number of halogens is 1. The first-order valence-electron chi connectivity index (χ1n) is 5.48. The quantitative estimate of drug-likeness (QED) is 0.656. The average Bonchev–Trinajstić information content (AvgIpc) is 2.71. The van der Waals surface area contributed by atoms with Gasteiger partial charge in [0.2, 0.25) is 0 Å². The number of aromatic nitrogens is 2. The van der Waals surface area contributed by atoms with Crippen LogP contribution in [0.5, 0.6) is 0 Å². The Morgan fingerprint density at radius 3 is 2.88 bits per heavy atom. The van der Waals surface area contributed by atoms with Gasteiger partial charge in [0.15, 0.2) is 0 Å². The van der Waals surface area contributed by atoms with E-state index in [1.165, 1.54) is 6.07 Å². The summed E-state index contributed by atoms with van der Waals surface area (Å²) in [5, 5.41) is 0.